The molecule has 0 bridgehead atoms. The molecule has 2 rings (SSSR count). The first-order valence-corrected chi connectivity index (χ1v) is 8.10. The van der Waals surface area contributed by atoms with Gasteiger partial charge in [0.05, 0.1) is 0 Å². The first-order chi connectivity index (χ1) is 9.75. The van der Waals surface area contributed by atoms with E-state index < -0.39 is 0 Å². The van der Waals surface area contributed by atoms with Gasteiger partial charge in [0, 0.05) is 12.5 Å². The SMILES string of the molecule is CC(CC(=O)NC1CCCCCCC1)c1ccccc1. The van der Waals surface area contributed by atoms with Crippen LogP contribution >= 0.6 is 0 Å². The van der Waals surface area contributed by atoms with E-state index in [0.717, 1.165) is 12.8 Å². The van der Waals surface area contributed by atoms with Crippen LogP contribution in [0.5, 0.6) is 0 Å². The molecule has 2 heteroatoms. The van der Waals surface area contributed by atoms with Gasteiger partial charge in [0.1, 0.15) is 0 Å². The van der Waals surface area contributed by atoms with Crippen LogP contribution in [-0.2, 0) is 4.79 Å². The van der Waals surface area contributed by atoms with Crippen LogP contribution in [0.1, 0.15) is 69.8 Å². The van der Waals surface area contributed by atoms with Gasteiger partial charge in [-0.15, -0.1) is 0 Å². The summed E-state index contributed by atoms with van der Waals surface area (Å²) in [5.74, 6) is 0.511. The fourth-order valence-corrected chi connectivity index (χ4v) is 3.06. The van der Waals surface area contributed by atoms with Crippen LogP contribution in [0.15, 0.2) is 30.3 Å². The summed E-state index contributed by atoms with van der Waals surface area (Å²) in [5.41, 5.74) is 1.25. The third kappa shape index (κ3) is 4.99. The van der Waals surface area contributed by atoms with Crippen molar-refractivity contribution in [3.05, 3.63) is 35.9 Å². The summed E-state index contributed by atoms with van der Waals surface area (Å²) in [6, 6.07) is 10.7. The average molecular weight is 273 g/mol. The minimum Gasteiger partial charge on any atom is -0.353 e. The summed E-state index contributed by atoms with van der Waals surface area (Å²) < 4.78 is 0. The van der Waals surface area contributed by atoms with Crippen LogP contribution in [0.25, 0.3) is 0 Å². The van der Waals surface area contributed by atoms with Crippen molar-refractivity contribution < 1.29 is 4.79 Å². The van der Waals surface area contributed by atoms with E-state index in [0.29, 0.717) is 18.4 Å². The van der Waals surface area contributed by atoms with Gasteiger partial charge in [0.2, 0.25) is 5.91 Å². The summed E-state index contributed by atoms with van der Waals surface area (Å²) in [5, 5.41) is 3.25. The van der Waals surface area contributed by atoms with E-state index in [1.54, 1.807) is 0 Å². The number of carbonyl (C=O) groups excluding carboxylic acids is 1. The number of rotatable bonds is 4. The third-order valence-corrected chi connectivity index (χ3v) is 4.33. The molecule has 1 N–H and O–H groups in total. The monoisotopic (exact) mass is 273 g/mol. The molecular weight excluding hydrogens is 246 g/mol. The Morgan fingerprint density at radius 2 is 1.70 bits per heavy atom. The number of carbonyl (C=O) groups is 1. The van der Waals surface area contributed by atoms with Gasteiger partial charge in [-0.25, -0.2) is 0 Å². The molecule has 1 amide bonds. The minimum absolute atomic E-state index is 0.215. The molecule has 1 aromatic rings. The molecule has 1 aromatic carbocycles. The standard InChI is InChI=1S/C18H27NO/c1-15(16-10-6-5-7-11-16)14-18(20)19-17-12-8-3-2-4-9-13-17/h5-7,10-11,15,17H,2-4,8-9,12-14H2,1H3,(H,19,20). The normalized spacial score (nSPS) is 18.9. The van der Waals surface area contributed by atoms with Crippen molar-refractivity contribution in [2.45, 2.75) is 70.3 Å². The Balaban J connectivity index is 1.79. The first kappa shape index (κ1) is 15.1. The molecule has 0 spiro atoms. The average Bonchev–Trinajstić information content (AvgIpc) is 2.42. The third-order valence-electron chi connectivity index (χ3n) is 4.33. The van der Waals surface area contributed by atoms with Crippen LogP contribution < -0.4 is 5.32 Å². The Bertz CT molecular complexity index is 393. The lowest BCUT2D eigenvalue weighted by atomic mass is 9.95. The van der Waals surface area contributed by atoms with Gasteiger partial charge in [-0.2, -0.15) is 0 Å². The lowest BCUT2D eigenvalue weighted by molar-refractivity contribution is -0.122. The fraction of sp³-hybridized carbons (Fsp3) is 0.611. The van der Waals surface area contributed by atoms with Crippen molar-refractivity contribution in [2.24, 2.45) is 0 Å². The Kier molecular flexibility index (Phi) is 6.10. The van der Waals surface area contributed by atoms with Gasteiger partial charge in [0.25, 0.3) is 0 Å². The lowest BCUT2D eigenvalue weighted by Crippen LogP contribution is -2.35. The van der Waals surface area contributed by atoms with Crippen molar-refractivity contribution in [3.8, 4) is 0 Å². The van der Waals surface area contributed by atoms with Crippen LogP contribution in [-0.4, -0.2) is 11.9 Å². The maximum atomic E-state index is 12.2. The Labute approximate surface area is 123 Å². The molecule has 1 saturated carbocycles. The highest BCUT2D eigenvalue weighted by atomic mass is 16.1. The van der Waals surface area contributed by atoms with Gasteiger partial charge in [0.15, 0.2) is 0 Å². The molecule has 0 aromatic heterocycles. The summed E-state index contributed by atoms with van der Waals surface area (Å²) in [7, 11) is 0. The summed E-state index contributed by atoms with van der Waals surface area (Å²) in [6.45, 7) is 2.13. The van der Waals surface area contributed by atoms with Crippen molar-refractivity contribution in [1.82, 2.24) is 5.32 Å². The molecule has 2 nitrogen and oxygen atoms in total. The zero-order valence-electron chi connectivity index (χ0n) is 12.6. The van der Waals surface area contributed by atoms with E-state index in [9.17, 15) is 4.79 Å². The molecule has 0 aliphatic heterocycles. The van der Waals surface area contributed by atoms with E-state index in [4.69, 9.17) is 0 Å². The predicted molar refractivity (Wildman–Crippen MR) is 83.7 cm³/mol. The molecule has 110 valence electrons. The molecule has 0 saturated heterocycles. The van der Waals surface area contributed by atoms with Gasteiger partial charge < -0.3 is 5.32 Å². The van der Waals surface area contributed by atoms with Gasteiger partial charge >= 0.3 is 0 Å². The second-order valence-electron chi connectivity index (χ2n) is 6.13. The highest BCUT2D eigenvalue weighted by Crippen LogP contribution is 2.20. The van der Waals surface area contributed by atoms with Crippen molar-refractivity contribution >= 4 is 5.91 Å². The number of benzene rings is 1. The van der Waals surface area contributed by atoms with E-state index in [1.807, 2.05) is 18.2 Å². The van der Waals surface area contributed by atoms with E-state index in [2.05, 4.69) is 24.4 Å². The van der Waals surface area contributed by atoms with Gasteiger partial charge in [-0.3, -0.25) is 4.79 Å². The lowest BCUT2D eigenvalue weighted by Gasteiger charge is -2.22. The van der Waals surface area contributed by atoms with Crippen LogP contribution in [0.2, 0.25) is 0 Å². The van der Waals surface area contributed by atoms with Crippen LogP contribution in [0, 0.1) is 0 Å². The highest BCUT2D eigenvalue weighted by molar-refractivity contribution is 5.77. The zero-order chi connectivity index (χ0) is 14.2. The maximum Gasteiger partial charge on any atom is 0.220 e. The summed E-state index contributed by atoms with van der Waals surface area (Å²) in [4.78, 5) is 12.2. The number of hydrogen-bond donors (Lipinski definition) is 1. The first-order valence-electron chi connectivity index (χ1n) is 8.10. The second-order valence-corrected chi connectivity index (χ2v) is 6.13. The fourth-order valence-electron chi connectivity index (χ4n) is 3.06. The Morgan fingerprint density at radius 1 is 1.10 bits per heavy atom. The predicted octanol–water partition coefficient (Wildman–Crippen LogP) is 4.41. The van der Waals surface area contributed by atoms with Crippen LogP contribution in [0.4, 0.5) is 0 Å². The van der Waals surface area contributed by atoms with Crippen molar-refractivity contribution in [2.75, 3.05) is 0 Å². The number of amides is 1. The highest BCUT2D eigenvalue weighted by Gasteiger charge is 2.16. The number of hydrogen-bond acceptors (Lipinski definition) is 1. The van der Waals surface area contributed by atoms with Crippen molar-refractivity contribution in [1.29, 1.82) is 0 Å². The molecule has 1 atom stereocenters. The van der Waals surface area contributed by atoms with Crippen molar-refractivity contribution in [3.63, 3.8) is 0 Å². The van der Waals surface area contributed by atoms with Crippen LogP contribution in [0.3, 0.4) is 0 Å². The van der Waals surface area contributed by atoms with Gasteiger partial charge in [-0.1, -0.05) is 69.4 Å². The summed E-state index contributed by atoms with van der Waals surface area (Å²) in [6.07, 6.45) is 9.46. The molecular formula is C18H27NO. The Hall–Kier alpha value is -1.31. The molecule has 0 radical (unpaired) electrons. The quantitative estimate of drug-likeness (QED) is 0.865. The maximum absolute atomic E-state index is 12.2. The number of nitrogens with one attached hydrogen (secondary N) is 1. The smallest absolute Gasteiger partial charge is 0.220 e. The zero-order valence-corrected chi connectivity index (χ0v) is 12.6. The molecule has 20 heavy (non-hydrogen) atoms. The molecule has 1 aliphatic carbocycles. The second kappa shape index (κ2) is 8.08. The Morgan fingerprint density at radius 3 is 2.35 bits per heavy atom. The largest absolute Gasteiger partial charge is 0.353 e. The molecule has 0 heterocycles. The van der Waals surface area contributed by atoms with E-state index >= 15 is 0 Å². The van der Waals surface area contributed by atoms with Gasteiger partial charge in [-0.05, 0) is 24.3 Å². The van der Waals surface area contributed by atoms with E-state index in [1.165, 1.54) is 37.7 Å². The van der Waals surface area contributed by atoms with E-state index in [-0.39, 0.29) is 5.91 Å². The molecule has 1 unspecified atom stereocenters. The molecule has 1 fully saturated rings. The molecule has 1 aliphatic rings. The topological polar surface area (TPSA) is 29.1 Å². The summed E-state index contributed by atoms with van der Waals surface area (Å²) >= 11 is 0. The minimum atomic E-state index is 0.215.